The Morgan fingerprint density at radius 1 is 1.00 bits per heavy atom. The van der Waals surface area contributed by atoms with Crippen LogP contribution in [0.2, 0.25) is 0 Å². The number of hydrogen-bond donors (Lipinski definition) is 1. The van der Waals surface area contributed by atoms with Crippen LogP contribution in [0.15, 0.2) is 54.6 Å². The van der Waals surface area contributed by atoms with Gasteiger partial charge in [0.1, 0.15) is 0 Å². The predicted octanol–water partition coefficient (Wildman–Crippen LogP) is 2.56. The van der Waals surface area contributed by atoms with Gasteiger partial charge >= 0.3 is 0 Å². The average Bonchev–Trinajstić information content (AvgIpc) is 2.55. The molecule has 2 aromatic carbocycles. The van der Waals surface area contributed by atoms with Crippen LogP contribution in [0.3, 0.4) is 0 Å². The Kier molecular flexibility index (Phi) is 4.47. The van der Waals surface area contributed by atoms with E-state index in [-0.39, 0.29) is 11.7 Å². The number of Topliss-reactive ketones (excluding diaryl/α,β-unsaturated/α-hetero) is 1. The first-order chi connectivity index (χ1) is 10.1. The zero-order valence-corrected chi connectivity index (χ0v) is 11.5. The molecule has 4 nitrogen and oxygen atoms in total. The summed E-state index contributed by atoms with van der Waals surface area (Å²) in [5, 5.41) is 11.4. The smallest absolute Gasteiger partial charge is 0.251 e. The molecule has 21 heavy (non-hydrogen) atoms. The number of nitriles is 1. The standard InChI is InChI=1S/C17H14N2O2/c1-12(19-17(21)15-5-3-2-4-6-15)16(20)14-9-7-13(11-18)8-10-14/h2-10,12H,1H3,(H,19,21). The number of ketones is 1. The number of nitrogens with zero attached hydrogens (tertiary/aromatic N) is 1. The van der Waals surface area contributed by atoms with E-state index in [1.165, 1.54) is 0 Å². The first-order valence-corrected chi connectivity index (χ1v) is 6.52. The fraction of sp³-hybridized carbons (Fsp3) is 0.118. The van der Waals surface area contributed by atoms with Gasteiger partial charge in [-0.25, -0.2) is 0 Å². The van der Waals surface area contributed by atoms with Crippen molar-refractivity contribution < 1.29 is 9.59 Å². The van der Waals surface area contributed by atoms with Crippen molar-refractivity contribution in [2.75, 3.05) is 0 Å². The van der Waals surface area contributed by atoms with Crippen LogP contribution < -0.4 is 5.32 Å². The van der Waals surface area contributed by atoms with E-state index in [4.69, 9.17) is 5.26 Å². The van der Waals surface area contributed by atoms with Crippen molar-refractivity contribution >= 4 is 11.7 Å². The normalized spacial score (nSPS) is 11.2. The molecule has 0 saturated carbocycles. The van der Waals surface area contributed by atoms with Crippen LogP contribution in [-0.2, 0) is 0 Å². The van der Waals surface area contributed by atoms with E-state index in [1.807, 2.05) is 12.1 Å². The van der Waals surface area contributed by atoms with Crippen molar-refractivity contribution in [1.29, 1.82) is 5.26 Å². The highest BCUT2D eigenvalue weighted by atomic mass is 16.2. The molecule has 1 unspecified atom stereocenters. The minimum Gasteiger partial charge on any atom is -0.342 e. The molecule has 0 aromatic heterocycles. The Balaban J connectivity index is 2.05. The Labute approximate surface area is 123 Å². The zero-order chi connectivity index (χ0) is 15.2. The van der Waals surface area contributed by atoms with Crippen LogP contribution in [0.4, 0.5) is 0 Å². The van der Waals surface area contributed by atoms with E-state index >= 15 is 0 Å². The fourth-order valence-electron chi connectivity index (χ4n) is 1.89. The second-order valence-electron chi connectivity index (χ2n) is 4.61. The molecule has 0 bridgehead atoms. The summed E-state index contributed by atoms with van der Waals surface area (Å²) in [5.41, 5.74) is 1.47. The maximum atomic E-state index is 12.2. The largest absolute Gasteiger partial charge is 0.342 e. The van der Waals surface area contributed by atoms with Gasteiger partial charge in [0.25, 0.3) is 5.91 Å². The second kappa shape index (κ2) is 6.49. The Hall–Kier alpha value is -2.93. The molecule has 2 aromatic rings. The summed E-state index contributed by atoms with van der Waals surface area (Å²) in [5.74, 6) is -0.478. The molecule has 0 aliphatic heterocycles. The van der Waals surface area contributed by atoms with Gasteiger partial charge in [0.2, 0.25) is 0 Å². The fourth-order valence-corrected chi connectivity index (χ4v) is 1.89. The lowest BCUT2D eigenvalue weighted by atomic mass is 10.0. The molecule has 2 rings (SSSR count). The van der Waals surface area contributed by atoms with E-state index in [1.54, 1.807) is 55.5 Å². The van der Waals surface area contributed by atoms with Gasteiger partial charge in [-0.1, -0.05) is 30.3 Å². The van der Waals surface area contributed by atoms with Gasteiger partial charge in [0.05, 0.1) is 17.7 Å². The van der Waals surface area contributed by atoms with Crippen LogP contribution >= 0.6 is 0 Å². The highest BCUT2D eigenvalue weighted by Crippen LogP contribution is 2.07. The molecule has 0 aliphatic carbocycles. The highest BCUT2D eigenvalue weighted by Gasteiger charge is 2.18. The molecule has 0 aliphatic rings. The van der Waals surface area contributed by atoms with Gasteiger partial charge < -0.3 is 5.32 Å². The summed E-state index contributed by atoms with van der Waals surface area (Å²) in [6.45, 7) is 1.64. The topological polar surface area (TPSA) is 70.0 Å². The molecular weight excluding hydrogens is 264 g/mol. The molecular formula is C17H14N2O2. The molecule has 104 valence electrons. The number of benzene rings is 2. The van der Waals surface area contributed by atoms with Crippen LogP contribution in [-0.4, -0.2) is 17.7 Å². The molecule has 0 fully saturated rings. The highest BCUT2D eigenvalue weighted by molar-refractivity contribution is 6.04. The summed E-state index contributed by atoms with van der Waals surface area (Å²) < 4.78 is 0. The number of nitrogens with one attached hydrogen (secondary N) is 1. The first-order valence-electron chi connectivity index (χ1n) is 6.52. The minimum absolute atomic E-state index is 0.191. The third kappa shape index (κ3) is 3.54. The zero-order valence-electron chi connectivity index (χ0n) is 11.5. The van der Waals surface area contributed by atoms with Crippen LogP contribution in [0.1, 0.15) is 33.2 Å². The van der Waals surface area contributed by atoms with Crippen molar-refractivity contribution in [3.63, 3.8) is 0 Å². The van der Waals surface area contributed by atoms with Crippen LogP contribution in [0.25, 0.3) is 0 Å². The number of amides is 1. The van der Waals surface area contributed by atoms with Gasteiger partial charge in [-0.3, -0.25) is 9.59 Å². The molecule has 0 saturated heterocycles. The maximum absolute atomic E-state index is 12.2. The van der Waals surface area contributed by atoms with E-state index in [2.05, 4.69) is 5.32 Å². The average molecular weight is 278 g/mol. The van der Waals surface area contributed by atoms with Crippen LogP contribution in [0, 0.1) is 11.3 Å². The molecule has 0 heterocycles. The Bertz CT molecular complexity index is 685. The van der Waals surface area contributed by atoms with E-state index in [9.17, 15) is 9.59 Å². The Morgan fingerprint density at radius 3 is 2.19 bits per heavy atom. The molecule has 1 atom stereocenters. The van der Waals surface area contributed by atoms with Crippen molar-refractivity contribution in [3.8, 4) is 6.07 Å². The van der Waals surface area contributed by atoms with E-state index in [0.29, 0.717) is 16.7 Å². The monoisotopic (exact) mass is 278 g/mol. The van der Waals surface area contributed by atoms with Crippen molar-refractivity contribution in [3.05, 3.63) is 71.3 Å². The molecule has 0 spiro atoms. The number of rotatable bonds is 4. The summed E-state index contributed by atoms with van der Waals surface area (Å²) >= 11 is 0. The minimum atomic E-state index is -0.634. The van der Waals surface area contributed by atoms with Crippen molar-refractivity contribution in [2.45, 2.75) is 13.0 Å². The van der Waals surface area contributed by atoms with Crippen molar-refractivity contribution in [2.24, 2.45) is 0 Å². The van der Waals surface area contributed by atoms with Gasteiger partial charge in [0.15, 0.2) is 5.78 Å². The summed E-state index contributed by atoms with van der Waals surface area (Å²) in [6, 6.07) is 16.4. The van der Waals surface area contributed by atoms with Gasteiger partial charge in [-0.15, -0.1) is 0 Å². The summed E-state index contributed by atoms with van der Waals surface area (Å²) in [4.78, 5) is 24.2. The number of carbonyl (C=O) groups excluding carboxylic acids is 2. The number of carbonyl (C=O) groups is 2. The molecule has 0 radical (unpaired) electrons. The SMILES string of the molecule is CC(NC(=O)c1ccccc1)C(=O)c1ccc(C#N)cc1. The first kappa shape index (κ1) is 14.5. The second-order valence-corrected chi connectivity index (χ2v) is 4.61. The van der Waals surface area contributed by atoms with Gasteiger partial charge in [-0.05, 0) is 31.2 Å². The quantitative estimate of drug-likeness (QED) is 0.874. The third-order valence-electron chi connectivity index (χ3n) is 3.08. The van der Waals surface area contributed by atoms with Gasteiger partial charge in [0, 0.05) is 11.1 Å². The predicted molar refractivity (Wildman–Crippen MR) is 78.9 cm³/mol. The molecule has 4 heteroatoms. The van der Waals surface area contributed by atoms with Gasteiger partial charge in [-0.2, -0.15) is 5.26 Å². The van der Waals surface area contributed by atoms with Crippen molar-refractivity contribution in [1.82, 2.24) is 5.32 Å². The summed E-state index contributed by atoms with van der Waals surface area (Å²) in [7, 11) is 0. The van der Waals surface area contributed by atoms with Crippen LogP contribution in [0.5, 0.6) is 0 Å². The third-order valence-corrected chi connectivity index (χ3v) is 3.08. The molecule has 1 N–H and O–H groups in total. The number of hydrogen-bond acceptors (Lipinski definition) is 3. The lowest BCUT2D eigenvalue weighted by Crippen LogP contribution is -2.38. The molecule has 1 amide bonds. The maximum Gasteiger partial charge on any atom is 0.251 e. The van der Waals surface area contributed by atoms with E-state index < -0.39 is 6.04 Å². The lowest BCUT2D eigenvalue weighted by molar-refractivity contribution is 0.0865. The lowest BCUT2D eigenvalue weighted by Gasteiger charge is -2.13. The van der Waals surface area contributed by atoms with E-state index in [0.717, 1.165) is 0 Å². The Morgan fingerprint density at radius 2 is 1.62 bits per heavy atom. The summed E-state index contributed by atoms with van der Waals surface area (Å²) in [6.07, 6.45) is 0.